The SMILES string of the molecule is COc1cc(C=NNC(=O)CCCCCCC(=O)NN=Cc2cc(OC)c(O)c(OC)c2)cc(OC)c1O. The number of hydrogen-bond acceptors (Lipinski definition) is 10. The Morgan fingerprint density at radius 3 is 1.26 bits per heavy atom. The second-order valence-electron chi connectivity index (χ2n) is 8.05. The molecule has 0 heterocycles. The molecule has 0 aromatic heterocycles. The van der Waals surface area contributed by atoms with Crippen LogP contribution in [0.1, 0.15) is 49.7 Å². The quantitative estimate of drug-likeness (QED) is 0.155. The van der Waals surface area contributed by atoms with E-state index in [4.69, 9.17) is 18.9 Å². The van der Waals surface area contributed by atoms with Crippen LogP contribution in [0.4, 0.5) is 0 Å². The van der Waals surface area contributed by atoms with Crippen molar-refractivity contribution in [3.63, 3.8) is 0 Å². The lowest BCUT2D eigenvalue weighted by Gasteiger charge is -2.09. The van der Waals surface area contributed by atoms with Gasteiger partial charge in [0, 0.05) is 24.0 Å². The second-order valence-corrected chi connectivity index (χ2v) is 8.05. The van der Waals surface area contributed by atoms with Crippen LogP contribution in [0.3, 0.4) is 0 Å². The summed E-state index contributed by atoms with van der Waals surface area (Å²) in [6.07, 6.45) is 6.35. The zero-order valence-corrected chi connectivity index (χ0v) is 21.9. The number of ether oxygens (including phenoxy) is 4. The third kappa shape index (κ3) is 9.19. The van der Waals surface area contributed by atoms with Gasteiger partial charge in [-0.05, 0) is 37.1 Å². The number of carbonyl (C=O) groups excluding carboxylic acids is 2. The van der Waals surface area contributed by atoms with Gasteiger partial charge in [-0.2, -0.15) is 10.2 Å². The number of carbonyl (C=O) groups is 2. The van der Waals surface area contributed by atoms with E-state index in [9.17, 15) is 19.8 Å². The molecule has 2 aromatic carbocycles. The molecule has 38 heavy (non-hydrogen) atoms. The van der Waals surface area contributed by atoms with Crippen molar-refractivity contribution in [3.05, 3.63) is 35.4 Å². The highest BCUT2D eigenvalue weighted by Crippen LogP contribution is 2.37. The summed E-state index contributed by atoms with van der Waals surface area (Å²) in [4.78, 5) is 24.0. The maximum Gasteiger partial charge on any atom is 0.240 e. The number of hydrogen-bond donors (Lipinski definition) is 4. The van der Waals surface area contributed by atoms with Crippen molar-refractivity contribution in [2.24, 2.45) is 10.2 Å². The molecule has 0 spiro atoms. The van der Waals surface area contributed by atoms with Gasteiger partial charge < -0.3 is 29.2 Å². The van der Waals surface area contributed by atoms with Crippen molar-refractivity contribution in [1.82, 2.24) is 10.9 Å². The molecule has 0 saturated carbocycles. The lowest BCUT2D eigenvalue weighted by molar-refractivity contribution is -0.122. The Morgan fingerprint density at radius 2 is 0.974 bits per heavy atom. The Hall–Kier alpha value is -4.48. The fraction of sp³-hybridized carbons (Fsp3) is 0.385. The van der Waals surface area contributed by atoms with Gasteiger partial charge in [-0.1, -0.05) is 12.8 Å². The van der Waals surface area contributed by atoms with Gasteiger partial charge >= 0.3 is 0 Å². The highest BCUT2D eigenvalue weighted by molar-refractivity contribution is 5.85. The van der Waals surface area contributed by atoms with Gasteiger partial charge in [-0.3, -0.25) is 9.59 Å². The van der Waals surface area contributed by atoms with Crippen molar-refractivity contribution in [1.29, 1.82) is 0 Å². The van der Waals surface area contributed by atoms with Gasteiger partial charge in [0.2, 0.25) is 23.3 Å². The number of methoxy groups -OCH3 is 4. The van der Waals surface area contributed by atoms with Crippen LogP contribution >= 0.6 is 0 Å². The normalized spacial score (nSPS) is 10.9. The van der Waals surface area contributed by atoms with Gasteiger partial charge in [-0.15, -0.1) is 0 Å². The maximum atomic E-state index is 12.0. The molecule has 4 N–H and O–H groups in total. The minimum atomic E-state index is -0.228. The highest BCUT2D eigenvalue weighted by atomic mass is 16.5. The van der Waals surface area contributed by atoms with Crippen LogP contribution in [0.15, 0.2) is 34.5 Å². The molecule has 206 valence electrons. The van der Waals surface area contributed by atoms with Gasteiger partial charge in [0.05, 0.1) is 40.9 Å². The molecule has 0 radical (unpaired) electrons. The molecule has 2 rings (SSSR count). The third-order valence-corrected chi connectivity index (χ3v) is 5.37. The van der Waals surface area contributed by atoms with Crippen molar-refractivity contribution >= 4 is 24.2 Å². The van der Waals surface area contributed by atoms with Crippen molar-refractivity contribution in [3.8, 4) is 34.5 Å². The summed E-state index contributed by atoms with van der Waals surface area (Å²) in [6.45, 7) is 0. The Labute approximate surface area is 221 Å². The molecule has 0 bridgehead atoms. The van der Waals surface area contributed by atoms with Gasteiger partial charge in [-0.25, -0.2) is 10.9 Å². The second kappa shape index (κ2) is 15.6. The predicted octanol–water partition coefficient (Wildman–Crippen LogP) is 3.07. The Bertz CT molecular complexity index is 1010. The number of nitrogens with one attached hydrogen (secondary N) is 2. The first kappa shape index (κ1) is 29.7. The van der Waals surface area contributed by atoms with E-state index in [0.717, 1.165) is 12.8 Å². The minimum Gasteiger partial charge on any atom is -0.502 e. The lowest BCUT2D eigenvalue weighted by Crippen LogP contribution is -2.17. The molecule has 0 atom stereocenters. The zero-order chi connectivity index (χ0) is 27.9. The smallest absolute Gasteiger partial charge is 0.240 e. The average molecular weight is 531 g/mol. The topological polar surface area (TPSA) is 160 Å². The number of phenolic OH excluding ortho intramolecular Hbond substituents is 2. The number of phenols is 2. The average Bonchev–Trinajstić information content (AvgIpc) is 2.91. The Kier molecular flexibility index (Phi) is 12.2. The number of amides is 2. The number of hydrazone groups is 2. The summed E-state index contributed by atoms with van der Waals surface area (Å²) in [5, 5.41) is 27.7. The van der Waals surface area contributed by atoms with E-state index in [1.54, 1.807) is 24.3 Å². The largest absolute Gasteiger partial charge is 0.502 e. The van der Waals surface area contributed by atoms with Crippen molar-refractivity contribution < 1.29 is 38.7 Å². The molecule has 0 aliphatic heterocycles. The van der Waals surface area contributed by atoms with Crippen LogP contribution in [0.5, 0.6) is 34.5 Å². The molecule has 0 aliphatic rings. The molecule has 0 aliphatic carbocycles. The van der Waals surface area contributed by atoms with Crippen LogP contribution in [-0.2, 0) is 9.59 Å². The number of aromatic hydroxyl groups is 2. The van der Waals surface area contributed by atoms with Crippen LogP contribution in [0, 0.1) is 0 Å². The molecule has 0 fully saturated rings. The molecule has 12 heteroatoms. The molecular formula is C26H34N4O8. The van der Waals surface area contributed by atoms with Crippen LogP contribution in [0.25, 0.3) is 0 Å². The molecule has 0 unspecified atom stereocenters. The summed E-state index contributed by atoms with van der Waals surface area (Å²) in [7, 11) is 5.69. The summed E-state index contributed by atoms with van der Waals surface area (Å²) in [5.74, 6) is 0.248. The number of nitrogens with zero attached hydrogens (tertiary/aromatic N) is 2. The maximum absolute atomic E-state index is 12.0. The zero-order valence-electron chi connectivity index (χ0n) is 21.9. The van der Waals surface area contributed by atoms with E-state index in [1.165, 1.54) is 40.9 Å². The summed E-state index contributed by atoms with van der Waals surface area (Å²) >= 11 is 0. The molecule has 2 aromatic rings. The van der Waals surface area contributed by atoms with E-state index in [0.29, 0.717) is 36.8 Å². The fourth-order valence-corrected chi connectivity index (χ4v) is 3.37. The first-order chi connectivity index (χ1) is 18.3. The molecule has 12 nitrogen and oxygen atoms in total. The van der Waals surface area contributed by atoms with E-state index >= 15 is 0 Å². The van der Waals surface area contributed by atoms with E-state index < -0.39 is 0 Å². The summed E-state index contributed by atoms with van der Waals surface area (Å²) < 4.78 is 20.3. The van der Waals surface area contributed by atoms with Crippen LogP contribution in [-0.4, -0.2) is 62.9 Å². The predicted molar refractivity (Wildman–Crippen MR) is 142 cm³/mol. The molecular weight excluding hydrogens is 496 g/mol. The first-order valence-corrected chi connectivity index (χ1v) is 11.9. The molecule has 0 saturated heterocycles. The van der Waals surface area contributed by atoms with Gasteiger partial charge in [0.1, 0.15) is 0 Å². The van der Waals surface area contributed by atoms with Crippen molar-refractivity contribution in [2.75, 3.05) is 28.4 Å². The number of benzene rings is 2. The monoisotopic (exact) mass is 530 g/mol. The van der Waals surface area contributed by atoms with E-state index in [2.05, 4.69) is 21.1 Å². The number of unbranched alkanes of at least 4 members (excludes halogenated alkanes) is 3. The van der Waals surface area contributed by atoms with Crippen LogP contribution < -0.4 is 29.8 Å². The summed E-state index contributed by atoms with van der Waals surface area (Å²) in [5.41, 5.74) is 6.09. The fourth-order valence-electron chi connectivity index (χ4n) is 3.37. The minimum absolute atomic E-state index is 0.113. The number of rotatable bonds is 15. The van der Waals surface area contributed by atoms with Crippen LogP contribution in [0.2, 0.25) is 0 Å². The first-order valence-electron chi connectivity index (χ1n) is 11.9. The van der Waals surface area contributed by atoms with E-state index in [1.807, 2.05) is 0 Å². The van der Waals surface area contributed by atoms with Gasteiger partial charge in [0.25, 0.3) is 0 Å². The van der Waals surface area contributed by atoms with E-state index in [-0.39, 0.29) is 46.3 Å². The highest BCUT2D eigenvalue weighted by Gasteiger charge is 2.11. The summed E-state index contributed by atoms with van der Waals surface area (Å²) in [6, 6.07) is 6.26. The lowest BCUT2D eigenvalue weighted by atomic mass is 10.1. The van der Waals surface area contributed by atoms with Gasteiger partial charge in [0.15, 0.2) is 23.0 Å². The third-order valence-electron chi connectivity index (χ3n) is 5.37. The Morgan fingerprint density at radius 1 is 0.658 bits per heavy atom. The standard InChI is InChI=1S/C26H34N4O8/c1-35-19-11-17(12-20(36-2)25(19)33)15-27-29-23(31)9-7-5-6-8-10-24(32)30-28-16-18-13-21(37-3)26(34)22(14-18)38-4/h11-16,33-34H,5-10H2,1-4H3,(H,29,31)(H,30,32). The molecule has 2 amide bonds. The Balaban J connectivity index is 1.64. The van der Waals surface area contributed by atoms with Crippen molar-refractivity contribution in [2.45, 2.75) is 38.5 Å².